The fourth-order valence-corrected chi connectivity index (χ4v) is 2.14. The Morgan fingerprint density at radius 1 is 1.24 bits per heavy atom. The summed E-state index contributed by atoms with van der Waals surface area (Å²) in [6.07, 6.45) is 0.361. The molecule has 21 heavy (non-hydrogen) atoms. The van der Waals surface area contributed by atoms with E-state index < -0.39 is 17.6 Å². The second-order valence-corrected chi connectivity index (χ2v) is 6.10. The predicted molar refractivity (Wildman–Crippen MR) is 81.8 cm³/mol. The van der Waals surface area contributed by atoms with Gasteiger partial charge in [0.1, 0.15) is 0 Å². The van der Waals surface area contributed by atoms with Gasteiger partial charge in [0.2, 0.25) is 5.91 Å². The standard InChI is InChI=1S/C16H24N2O3/c1-16(2,3)18(10-9-14(19)20)15(21)13(17)11-12-7-5-4-6-8-12/h4-8,13H,9-11,17H2,1-3H3,(H,19,20). The number of aliphatic carboxylic acids is 1. The Labute approximate surface area is 125 Å². The van der Waals surface area contributed by atoms with Crippen molar-refractivity contribution >= 4 is 11.9 Å². The molecule has 0 fully saturated rings. The molecule has 1 aromatic carbocycles. The third-order valence-electron chi connectivity index (χ3n) is 3.24. The minimum atomic E-state index is -0.923. The number of carboxylic acids is 1. The molecule has 1 unspecified atom stereocenters. The number of benzene rings is 1. The summed E-state index contributed by atoms with van der Waals surface area (Å²) >= 11 is 0. The lowest BCUT2D eigenvalue weighted by Gasteiger charge is -2.37. The summed E-state index contributed by atoms with van der Waals surface area (Å²) in [7, 11) is 0. The van der Waals surface area contributed by atoms with E-state index in [-0.39, 0.29) is 18.9 Å². The van der Waals surface area contributed by atoms with Gasteiger partial charge in [-0.05, 0) is 32.8 Å². The van der Waals surface area contributed by atoms with Crippen molar-refractivity contribution < 1.29 is 14.7 Å². The smallest absolute Gasteiger partial charge is 0.305 e. The van der Waals surface area contributed by atoms with E-state index in [4.69, 9.17) is 10.8 Å². The summed E-state index contributed by atoms with van der Waals surface area (Å²) in [5, 5.41) is 8.81. The number of hydrogen-bond donors (Lipinski definition) is 2. The van der Waals surface area contributed by atoms with E-state index in [2.05, 4.69) is 0 Å². The molecule has 0 aliphatic heterocycles. The molecule has 0 aliphatic rings. The number of amides is 1. The zero-order valence-corrected chi connectivity index (χ0v) is 12.9. The van der Waals surface area contributed by atoms with Crippen LogP contribution in [0.4, 0.5) is 0 Å². The average Bonchev–Trinajstić information content (AvgIpc) is 2.37. The van der Waals surface area contributed by atoms with E-state index in [1.165, 1.54) is 0 Å². The highest BCUT2D eigenvalue weighted by Crippen LogP contribution is 2.16. The van der Waals surface area contributed by atoms with E-state index in [1.54, 1.807) is 4.90 Å². The maximum atomic E-state index is 12.5. The molecule has 116 valence electrons. The van der Waals surface area contributed by atoms with Crippen molar-refractivity contribution in [2.45, 2.75) is 45.2 Å². The number of carboxylic acid groups (broad SMARTS) is 1. The summed E-state index contributed by atoms with van der Waals surface area (Å²) in [5.41, 5.74) is 6.55. The molecular formula is C16H24N2O3. The Balaban J connectivity index is 2.77. The summed E-state index contributed by atoms with van der Waals surface area (Å²) in [6.45, 7) is 5.80. The highest BCUT2D eigenvalue weighted by atomic mass is 16.4. The number of rotatable bonds is 6. The van der Waals surface area contributed by atoms with Gasteiger partial charge in [-0.3, -0.25) is 9.59 Å². The van der Waals surface area contributed by atoms with Crippen LogP contribution in [0, 0.1) is 0 Å². The molecule has 0 saturated carbocycles. The second-order valence-electron chi connectivity index (χ2n) is 6.10. The van der Waals surface area contributed by atoms with Gasteiger partial charge >= 0.3 is 5.97 Å². The molecule has 0 bridgehead atoms. The normalized spacial score (nSPS) is 12.8. The molecular weight excluding hydrogens is 268 g/mol. The number of carbonyl (C=O) groups is 2. The number of hydrogen-bond acceptors (Lipinski definition) is 3. The van der Waals surface area contributed by atoms with Crippen molar-refractivity contribution in [3.05, 3.63) is 35.9 Å². The minimum Gasteiger partial charge on any atom is -0.481 e. The van der Waals surface area contributed by atoms with Crippen molar-refractivity contribution in [3.8, 4) is 0 Å². The lowest BCUT2D eigenvalue weighted by atomic mass is 10.0. The molecule has 0 aliphatic carbocycles. The van der Waals surface area contributed by atoms with E-state index in [0.29, 0.717) is 6.42 Å². The van der Waals surface area contributed by atoms with Gasteiger partial charge in [-0.1, -0.05) is 30.3 Å². The fraction of sp³-hybridized carbons (Fsp3) is 0.500. The topological polar surface area (TPSA) is 83.6 Å². The van der Waals surface area contributed by atoms with Crippen molar-refractivity contribution in [1.29, 1.82) is 0 Å². The van der Waals surface area contributed by atoms with Crippen LogP contribution < -0.4 is 5.73 Å². The van der Waals surface area contributed by atoms with Crippen molar-refractivity contribution in [2.24, 2.45) is 5.73 Å². The predicted octanol–water partition coefficient (Wildman–Crippen LogP) is 1.66. The summed E-state index contributed by atoms with van der Waals surface area (Å²) < 4.78 is 0. The van der Waals surface area contributed by atoms with Crippen molar-refractivity contribution in [1.82, 2.24) is 4.90 Å². The highest BCUT2D eigenvalue weighted by molar-refractivity contribution is 5.83. The first-order valence-electron chi connectivity index (χ1n) is 7.04. The van der Waals surface area contributed by atoms with E-state index in [9.17, 15) is 9.59 Å². The Morgan fingerprint density at radius 3 is 2.29 bits per heavy atom. The van der Waals surface area contributed by atoms with E-state index in [1.807, 2.05) is 51.1 Å². The third kappa shape index (κ3) is 5.55. The van der Waals surface area contributed by atoms with Crippen LogP contribution in [0.25, 0.3) is 0 Å². The highest BCUT2D eigenvalue weighted by Gasteiger charge is 2.30. The van der Waals surface area contributed by atoms with Gasteiger partial charge in [0.05, 0.1) is 12.5 Å². The quantitative estimate of drug-likeness (QED) is 0.835. The number of nitrogens with zero attached hydrogens (tertiary/aromatic N) is 1. The van der Waals surface area contributed by atoms with E-state index in [0.717, 1.165) is 5.56 Å². The van der Waals surface area contributed by atoms with Gasteiger partial charge in [-0.15, -0.1) is 0 Å². The average molecular weight is 292 g/mol. The monoisotopic (exact) mass is 292 g/mol. The molecule has 1 aromatic rings. The molecule has 1 atom stereocenters. The fourth-order valence-electron chi connectivity index (χ4n) is 2.14. The van der Waals surface area contributed by atoms with Gasteiger partial charge in [-0.2, -0.15) is 0 Å². The van der Waals surface area contributed by atoms with Crippen LogP contribution in [0.3, 0.4) is 0 Å². The van der Waals surface area contributed by atoms with Crippen LogP contribution >= 0.6 is 0 Å². The molecule has 0 saturated heterocycles. The Morgan fingerprint density at radius 2 is 1.81 bits per heavy atom. The second kappa shape index (κ2) is 7.22. The van der Waals surface area contributed by atoms with Crippen LogP contribution in [0.1, 0.15) is 32.8 Å². The Hall–Kier alpha value is -1.88. The van der Waals surface area contributed by atoms with Gasteiger partial charge in [0.25, 0.3) is 0 Å². The molecule has 3 N–H and O–H groups in total. The molecule has 0 spiro atoms. The largest absolute Gasteiger partial charge is 0.481 e. The molecule has 1 amide bonds. The third-order valence-corrected chi connectivity index (χ3v) is 3.24. The van der Waals surface area contributed by atoms with Crippen molar-refractivity contribution in [2.75, 3.05) is 6.54 Å². The van der Waals surface area contributed by atoms with Gasteiger partial charge in [0, 0.05) is 12.1 Å². The zero-order valence-electron chi connectivity index (χ0n) is 12.9. The minimum absolute atomic E-state index is 0.0823. The maximum absolute atomic E-state index is 12.5. The van der Waals surface area contributed by atoms with Crippen molar-refractivity contribution in [3.63, 3.8) is 0 Å². The zero-order chi connectivity index (χ0) is 16.0. The molecule has 5 nitrogen and oxygen atoms in total. The van der Waals surface area contributed by atoms with Gasteiger partial charge < -0.3 is 15.7 Å². The summed E-state index contributed by atoms with van der Waals surface area (Å²) in [6, 6.07) is 8.89. The number of nitrogens with two attached hydrogens (primary N) is 1. The molecule has 5 heteroatoms. The number of carbonyl (C=O) groups excluding carboxylic acids is 1. The van der Waals surface area contributed by atoms with Crippen LogP contribution in [-0.2, 0) is 16.0 Å². The van der Waals surface area contributed by atoms with Crippen LogP contribution in [0.5, 0.6) is 0 Å². The first-order valence-corrected chi connectivity index (χ1v) is 7.04. The molecule has 0 radical (unpaired) electrons. The maximum Gasteiger partial charge on any atom is 0.305 e. The first-order chi connectivity index (χ1) is 9.71. The van der Waals surface area contributed by atoms with Crippen LogP contribution in [-0.4, -0.2) is 40.0 Å². The molecule has 1 rings (SSSR count). The lowest BCUT2D eigenvalue weighted by molar-refractivity contribution is -0.141. The SMILES string of the molecule is CC(C)(C)N(CCC(=O)O)C(=O)C(N)Cc1ccccc1. The first kappa shape index (κ1) is 17.2. The Kier molecular flexibility index (Phi) is 5.90. The summed E-state index contributed by atoms with van der Waals surface area (Å²) in [4.78, 5) is 24.8. The van der Waals surface area contributed by atoms with E-state index >= 15 is 0 Å². The Bertz CT molecular complexity index is 480. The molecule has 0 heterocycles. The van der Waals surface area contributed by atoms with Crippen LogP contribution in [0.15, 0.2) is 30.3 Å². The lowest BCUT2D eigenvalue weighted by Crippen LogP contribution is -2.53. The van der Waals surface area contributed by atoms with Crippen LogP contribution in [0.2, 0.25) is 0 Å². The molecule has 0 aromatic heterocycles. The van der Waals surface area contributed by atoms with Gasteiger partial charge in [-0.25, -0.2) is 0 Å². The summed E-state index contributed by atoms with van der Waals surface area (Å²) in [5.74, 6) is -1.14. The van der Waals surface area contributed by atoms with Gasteiger partial charge in [0.15, 0.2) is 0 Å².